The molecule has 0 aliphatic carbocycles. The van der Waals surface area contributed by atoms with Crippen molar-refractivity contribution in [3.05, 3.63) is 63.2 Å². The monoisotopic (exact) mass is 542 g/mol. The Balaban J connectivity index is 2.05. The summed E-state index contributed by atoms with van der Waals surface area (Å²) in [4.78, 5) is 23.7. The van der Waals surface area contributed by atoms with Crippen LogP contribution in [0.5, 0.6) is 5.75 Å². The number of benzene rings is 2. The topological polar surface area (TPSA) is 135 Å². The summed E-state index contributed by atoms with van der Waals surface area (Å²) in [6.07, 6.45) is 1.71. The van der Waals surface area contributed by atoms with Crippen LogP contribution in [0.2, 0.25) is 5.02 Å². The predicted octanol–water partition coefficient (Wildman–Crippen LogP) is 3.53. The number of esters is 1. The SMILES string of the molecule is COC(=O)C(COC1CCCCO1)N(Cc1ccc(Cl)cc1[N+](=O)[O-])S(=O)(=O)c1ccc(OC)cc1. The van der Waals surface area contributed by atoms with Crippen LogP contribution in [0.4, 0.5) is 5.69 Å². The molecule has 0 amide bonds. The van der Waals surface area contributed by atoms with E-state index in [1.54, 1.807) is 0 Å². The van der Waals surface area contributed by atoms with Gasteiger partial charge in [-0.2, -0.15) is 4.31 Å². The molecule has 1 aliphatic rings. The average Bonchev–Trinajstić information content (AvgIpc) is 2.89. The van der Waals surface area contributed by atoms with E-state index in [1.807, 2.05) is 0 Å². The minimum absolute atomic E-state index is 0.0318. The molecule has 3 rings (SSSR count). The highest BCUT2D eigenvalue weighted by Crippen LogP contribution is 2.29. The van der Waals surface area contributed by atoms with Crippen molar-refractivity contribution in [2.75, 3.05) is 27.4 Å². The molecule has 13 heteroatoms. The third-order valence-electron chi connectivity index (χ3n) is 5.64. The lowest BCUT2D eigenvalue weighted by Gasteiger charge is -2.31. The summed E-state index contributed by atoms with van der Waals surface area (Å²) in [6.45, 7) is -0.414. The van der Waals surface area contributed by atoms with Gasteiger partial charge < -0.3 is 18.9 Å². The Hall–Kier alpha value is -2.77. The lowest BCUT2D eigenvalue weighted by molar-refractivity contribution is -0.385. The van der Waals surface area contributed by atoms with Crippen LogP contribution in [0.25, 0.3) is 0 Å². The Morgan fingerprint density at radius 2 is 1.94 bits per heavy atom. The number of ether oxygens (including phenoxy) is 4. The number of nitro benzene ring substituents is 1. The van der Waals surface area contributed by atoms with E-state index in [-0.39, 0.29) is 22.1 Å². The first-order valence-electron chi connectivity index (χ1n) is 11.1. The molecule has 1 fully saturated rings. The Bertz CT molecular complexity index is 1170. The highest BCUT2D eigenvalue weighted by atomic mass is 35.5. The largest absolute Gasteiger partial charge is 0.497 e. The van der Waals surface area contributed by atoms with Crippen LogP contribution in [0.1, 0.15) is 24.8 Å². The zero-order valence-electron chi connectivity index (χ0n) is 19.8. The first-order valence-corrected chi connectivity index (χ1v) is 12.9. The van der Waals surface area contributed by atoms with E-state index in [2.05, 4.69) is 0 Å². The van der Waals surface area contributed by atoms with Crippen molar-refractivity contribution < 1.29 is 37.1 Å². The van der Waals surface area contributed by atoms with Gasteiger partial charge in [0.2, 0.25) is 10.0 Å². The summed E-state index contributed by atoms with van der Waals surface area (Å²) in [5, 5.41) is 11.8. The number of halogens is 1. The number of hydrogen-bond donors (Lipinski definition) is 0. The van der Waals surface area contributed by atoms with E-state index >= 15 is 0 Å². The van der Waals surface area contributed by atoms with E-state index in [1.165, 1.54) is 43.5 Å². The quantitative estimate of drug-likeness (QED) is 0.237. The molecular weight excluding hydrogens is 516 g/mol. The number of hydrogen-bond acceptors (Lipinski definition) is 9. The van der Waals surface area contributed by atoms with Crippen LogP contribution < -0.4 is 4.74 Å². The Labute approximate surface area is 214 Å². The molecule has 11 nitrogen and oxygen atoms in total. The smallest absolute Gasteiger partial charge is 0.326 e. The molecule has 2 unspecified atom stereocenters. The van der Waals surface area contributed by atoms with Crippen molar-refractivity contribution in [1.29, 1.82) is 0 Å². The van der Waals surface area contributed by atoms with E-state index < -0.39 is 45.5 Å². The molecule has 2 aromatic rings. The zero-order chi connectivity index (χ0) is 26.3. The number of rotatable bonds is 11. The van der Waals surface area contributed by atoms with Crippen molar-refractivity contribution in [3.8, 4) is 5.75 Å². The molecule has 1 saturated heterocycles. The highest BCUT2D eigenvalue weighted by Gasteiger charge is 2.39. The standard InChI is InChI=1S/C23H27ClN2O9S/c1-32-18-8-10-19(11-9-18)36(30,31)25(14-16-6-7-17(24)13-20(16)26(28)29)21(23(27)33-2)15-35-22-5-3-4-12-34-22/h6-11,13,21-22H,3-5,12,14-15H2,1-2H3. The second-order valence-corrected chi connectivity index (χ2v) is 10.3. The molecule has 0 spiro atoms. The van der Waals surface area contributed by atoms with E-state index in [0.29, 0.717) is 18.8 Å². The number of nitro groups is 1. The van der Waals surface area contributed by atoms with Gasteiger partial charge in [-0.15, -0.1) is 0 Å². The lowest BCUT2D eigenvalue weighted by Crippen LogP contribution is -2.48. The maximum atomic E-state index is 13.8. The van der Waals surface area contributed by atoms with Crippen molar-refractivity contribution in [3.63, 3.8) is 0 Å². The molecule has 0 N–H and O–H groups in total. The first-order chi connectivity index (χ1) is 17.2. The average molecular weight is 543 g/mol. The summed E-state index contributed by atoms with van der Waals surface area (Å²) in [7, 11) is -1.83. The van der Waals surface area contributed by atoms with E-state index in [0.717, 1.165) is 30.3 Å². The Morgan fingerprint density at radius 1 is 1.22 bits per heavy atom. The summed E-state index contributed by atoms with van der Waals surface area (Å²) >= 11 is 5.93. The van der Waals surface area contributed by atoms with Gasteiger partial charge >= 0.3 is 5.97 Å². The molecular formula is C23H27ClN2O9S. The number of carbonyl (C=O) groups is 1. The Morgan fingerprint density at radius 3 is 2.53 bits per heavy atom. The summed E-state index contributed by atoms with van der Waals surface area (Å²) in [5.41, 5.74) is -0.359. The molecule has 1 heterocycles. The zero-order valence-corrected chi connectivity index (χ0v) is 21.4. The van der Waals surface area contributed by atoms with Crippen molar-refractivity contribution in [1.82, 2.24) is 4.31 Å². The lowest BCUT2D eigenvalue weighted by atomic mass is 10.1. The molecule has 0 radical (unpaired) electrons. The number of nitrogens with zero attached hydrogens (tertiary/aromatic N) is 2. The molecule has 196 valence electrons. The molecule has 0 saturated carbocycles. The van der Waals surface area contributed by atoms with Gasteiger partial charge in [0, 0.05) is 29.8 Å². The second kappa shape index (κ2) is 12.5. The van der Waals surface area contributed by atoms with Crippen LogP contribution in [0.15, 0.2) is 47.4 Å². The summed E-state index contributed by atoms with van der Waals surface area (Å²) in [6, 6.07) is 7.95. The van der Waals surface area contributed by atoms with Crippen molar-refractivity contribution in [2.45, 2.75) is 43.0 Å². The van der Waals surface area contributed by atoms with E-state index in [9.17, 15) is 23.3 Å². The van der Waals surface area contributed by atoms with Crippen LogP contribution in [0, 0.1) is 10.1 Å². The first kappa shape index (κ1) is 27.8. The van der Waals surface area contributed by atoms with Gasteiger partial charge in [0.05, 0.1) is 30.6 Å². The van der Waals surface area contributed by atoms with Crippen LogP contribution in [0.3, 0.4) is 0 Å². The van der Waals surface area contributed by atoms with Crippen LogP contribution in [-0.4, -0.2) is 63.4 Å². The minimum Gasteiger partial charge on any atom is -0.497 e. The maximum absolute atomic E-state index is 13.8. The third kappa shape index (κ3) is 6.71. The van der Waals surface area contributed by atoms with Gasteiger partial charge in [-0.1, -0.05) is 11.6 Å². The van der Waals surface area contributed by atoms with Gasteiger partial charge in [0.15, 0.2) is 6.29 Å². The van der Waals surface area contributed by atoms with Gasteiger partial charge in [0.1, 0.15) is 11.8 Å². The summed E-state index contributed by atoms with van der Waals surface area (Å²) in [5.74, 6) is -0.462. The molecule has 36 heavy (non-hydrogen) atoms. The van der Waals surface area contributed by atoms with Crippen molar-refractivity contribution in [2.24, 2.45) is 0 Å². The van der Waals surface area contributed by atoms with Gasteiger partial charge in [0.25, 0.3) is 5.69 Å². The molecule has 1 aliphatic heterocycles. The van der Waals surface area contributed by atoms with E-state index in [4.69, 9.17) is 30.5 Å². The number of carbonyl (C=O) groups excluding carboxylic acids is 1. The number of sulfonamides is 1. The van der Waals surface area contributed by atoms with Crippen molar-refractivity contribution >= 4 is 33.3 Å². The fourth-order valence-corrected chi connectivity index (χ4v) is 5.41. The fourth-order valence-electron chi connectivity index (χ4n) is 3.70. The molecule has 2 atom stereocenters. The highest BCUT2D eigenvalue weighted by molar-refractivity contribution is 7.89. The molecule has 0 bridgehead atoms. The van der Waals surface area contributed by atoms with Gasteiger partial charge in [-0.25, -0.2) is 8.42 Å². The van der Waals surface area contributed by atoms with Gasteiger partial charge in [-0.3, -0.25) is 14.9 Å². The summed E-state index contributed by atoms with van der Waals surface area (Å²) < 4.78 is 49.7. The normalized spacial score (nSPS) is 16.9. The molecule has 2 aromatic carbocycles. The second-order valence-electron chi connectivity index (χ2n) is 7.92. The van der Waals surface area contributed by atoms with Gasteiger partial charge in [-0.05, 0) is 55.7 Å². The Kier molecular flexibility index (Phi) is 9.63. The third-order valence-corrected chi connectivity index (χ3v) is 7.74. The molecule has 0 aromatic heterocycles. The minimum atomic E-state index is -4.38. The van der Waals surface area contributed by atoms with Crippen LogP contribution >= 0.6 is 11.6 Å². The van der Waals surface area contributed by atoms with Crippen LogP contribution in [-0.2, 0) is 35.6 Å². The maximum Gasteiger partial charge on any atom is 0.326 e. The predicted molar refractivity (Wildman–Crippen MR) is 129 cm³/mol. The fraction of sp³-hybridized carbons (Fsp3) is 0.435. The number of methoxy groups -OCH3 is 2.